The number of unbranched alkanes of at least 4 members (excludes halogenated alkanes) is 23. The standard InChI is InChI=1S/C63H108O9/c1-3-5-7-9-11-13-15-17-19-21-23-25-27-29-30-32-34-36-38-40-42-44-46-48-50-52-59(65)71-57(56-70-63-62(68)61(67)60(66)58(54-64)72-63)55-69-53-51-49-47-45-43-41-39-37-35-33-31-28-26-24-22-20-18-16-14-12-10-8-6-4-2/h5,7,11,13,16-19,22-25,28-31,57-58,60-64,66-68H,3-4,6,8-10,12,14-15,20-21,26-27,32-56H2,1-2H3/b7-5-,13-11-,18-16-,19-17-,24-22-,25-23-,30-29-,31-28-. The molecule has 6 atom stereocenters. The lowest BCUT2D eigenvalue weighted by Crippen LogP contribution is -2.59. The number of hydrogen-bond acceptors (Lipinski definition) is 9. The van der Waals surface area contributed by atoms with Crippen LogP contribution in [0.1, 0.15) is 232 Å². The molecule has 0 saturated carbocycles. The first-order valence-corrected chi connectivity index (χ1v) is 29.3. The van der Waals surface area contributed by atoms with Crippen LogP contribution in [-0.2, 0) is 23.7 Å². The van der Waals surface area contributed by atoms with E-state index >= 15 is 0 Å². The smallest absolute Gasteiger partial charge is 0.306 e. The Morgan fingerprint density at radius 1 is 0.458 bits per heavy atom. The third-order valence-corrected chi connectivity index (χ3v) is 13.0. The minimum absolute atomic E-state index is 0.123. The highest BCUT2D eigenvalue weighted by molar-refractivity contribution is 5.69. The second-order valence-electron chi connectivity index (χ2n) is 19.7. The zero-order valence-electron chi connectivity index (χ0n) is 45.9. The van der Waals surface area contributed by atoms with Gasteiger partial charge in [0.2, 0.25) is 0 Å². The van der Waals surface area contributed by atoms with Crippen molar-refractivity contribution in [2.24, 2.45) is 0 Å². The molecular weight excluding hydrogens is 901 g/mol. The van der Waals surface area contributed by atoms with Gasteiger partial charge in [-0.2, -0.15) is 0 Å². The quantitative estimate of drug-likeness (QED) is 0.0267. The first-order valence-electron chi connectivity index (χ1n) is 29.3. The highest BCUT2D eigenvalue weighted by Gasteiger charge is 2.44. The van der Waals surface area contributed by atoms with Gasteiger partial charge in [-0.05, 0) is 96.3 Å². The molecule has 0 spiro atoms. The van der Waals surface area contributed by atoms with E-state index in [9.17, 15) is 25.2 Å². The average Bonchev–Trinajstić information content (AvgIpc) is 3.38. The van der Waals surface area contributed by atoms with Crippen LogP contribution in [0.4, 0.5) is 0 Å². The van der Waals surface area contributed by atoms with Crippen LogP contribution in [0.2, 0.25) is 0 Å². The lowest BCUT2D eigenvalue weighted by molar-refractivity contribution is -0.305. The molecule has 1 fully saturated rings. The molecule has 0 bridgehead atoms. The van der Waals surface area contributed by atoms with Gasteiger partial charge in [-0.1, -0.05) is 227 Å². The Labute approximate surface area is 441 Å². The topological polar surface area (TPSA) is 135 Å². The van der Waals surface area contributed by atoms with Gasteiger partial charge in [0.05, 0.1) is 19.8 Å². The molecule has 0 aliphatic carbocycles. The highest BCUT2D eigenvalue weighted by atomic mass is 16.7. The van der Waals surface area contributed by atoms with Crippen molar-refractivity contribution in [2.45, 2.75) is 269 Å². The predicted octanol–water partition coefficient (Wildman–Crippen LogP) is 15.5. The lowest BCUT2D eigenvalue weighted by atomic mass is 9.99. The summed E-state index contributed by atoms with van der Waals surface area (Å²) in [6.45, 7) is 4.42. The molecule has 1 aliphatic heterocycles. The van der Waals surface area contributed by atoms with Crippen LogP contribution in [0.25, 0.3) is 0 Å². The second-order valence-corrected chi connectivity index (χ2v) is 19.7. The summed E-state index contributed by atoms with van der Waals surface area (Å²) >= 11 is 0. The molecule has 1 saturated heterocycles. The fourth-order valence-corrected chi connectivity index (χ4v) is 8.47. The van der Waals surface area contributed by atoms with E-state index in [0.717, 1.165) is 83.5 Å². The molecule has 0 aromatic heterocycles. The van der Waals surface area contributed by atoms with Crippen molar-refractivity contribution < 1.29 is 44.2 Å². The van der Waals surface area contributed by atoms with Crippen molar-refractivity contribution in [3.05, 3.63) is 97.2 Å². The van der Waals surface area contributed by atoms with Gasteiger partial charge in [-0.15, -0.1) is 0 Å². The third-order valence-electron chi connectivity index (χ3n) is 13.0. The van der Waals surface area contributed by atoms with Crippen LogP contribution in [0.15, 0.2) is 97.2 Å². The van der Waals surface area contributed by atoms with Gasteiger partial charge in [-0.25, -0.2) is 0 Å². The van der Waals surface area contributed by atoms with Gasteiger partial charge in [0.25, 0.3) is 0 Å². The van der Waals surface area contributed by atoms with Gasteiger partial charge >= 0.3 is 5.97 Å². The summed E-state index contributed by atoms with van der Waals surface area (Å²) in [5.74, 6) is -0.324. The van der Waals surface area contributed by atoms with Crippen LogP contribution in [0.5, 0.6) is 0 Å². The number of carbonyl (C=O) groups is 1. The zero-order valence-corrected chi connectivity index (χ0v) is 45.9. The first-order chi connectivity index (χ1) is 35.4. The molecule has 414 valence electrons. The molecule has 0 aromatic rings. The Balaban J connectivity index is 2.18. The Morgan fingerprint density at radius 3 is 1.28 bits per heavy atom. The molecular formula is C63H108O9. The normalized spacial score (nSPS) is 19.4. The number of carbonyl (C=O) groups excluding carboxylic acids is 1. The van der Waals surface area contributed by atoms with Crippen molar-refractivity contribution >= 4 is 5.97 Å². The van der Waals surface area contributed by atoms with E-state index in [-0.39, 0.29) is 19.2 Å². The van der Waals surface area contributed by atoms with Crippen LogP contribution in [-0.4, -0.2) is 89.6 Å². The minimum Gasteiger partial charge on any atom is -0.457 e. The van der Waals surface area contributed by atoms with E-state index in [1.807, 2.05) is 0 Å². The zero-order chi connectivity index (χ0) is 52.1. The number of hydrogen-bond donors (Lipinski definition) is 4. The molecule has 1 aliphatic rings. The molecule has 0 aromatic carbocycles. The number of esters is 1. The van der Waals surface area contributed by atoms with Gasteiger partial charge in [0.15, 0.2) is 6.29 Å². The summed E-state index contributed by atoms with van der Waals surface area (Å²) in [7, 11) is 0. The molecule has 1 heterocycles. The van der Waals surface area contributed by atoms with Crippen molar-refractivity contribution in [1.29, 1.82) is 0 Å². The van der Waals surface area contributed by atoms with Crippen LogP contribution < -0.4 is 0 Å². The number of aliphatic hydroxyl groups excluding tert-OH is 4. The van der Waals surface area contributed by atoms with Crippen molar-refractivity contribution in [2.75, 3.05) is 26.4 Å². The average molecular weight is 1010 g/mol. The lowest BCUT2D eigenvalue weighted by Gasteiger charge is -2.39. The van der Waals surface area contributed by atoms with Crippen LogP contribution in [0, 0.1) is 0 Å². The summed E-state index contributed by atoms with van der Waals surface area (Å²) in [4.78, 5) is 12.9. The fourth-order valence-electron chi connectivity index (χ4n) is 8.47. The molecule has 9 heteroatoms. The molecule has 6 unspecified atom stereocenters. The van der Waals surface area contributed by atoms with Gasteiger partial charge in [0, 0.05) is 13.0 Å². The van der Waals surface area contributed by atoms with E-state index in [1.54, 1.807) is 0 Å². The number of rotatable bonds is 50. The summed E-state index contributed by atoms with van der Waals surface area (Å²) in [5.41, 5.74) is 0. The van der Waals surface area contributed by atoms with E-state index in [4.69, 9.17) is 18.9 Å². The summed E-state index contributed by atoms with van der Waals surface area (Å²) in [6.07, 6.45) is 67.3. The van der Waals surface area contributed by atoms with Crippen molar-refractivity contribution in [1.82, 2.24) is 0 Å². The maximum atomic E-state index is 12.9. The molecule has 9 nitrogen and oxygen atoms in total. The Morgan fingerprint density at radius 2 is 0.847 bits per heavy atom. The Kier molecular flexibility index (Phi) is 49.4. The maximum Gasteiger partial charge on any atom is 0.306 e. The summed E-state index contributed by atoms with van der Waals surface area (Å²) in [6, 6.07) is 0. The molecule has 0 radical (unpaired) electrons. The minimum atomic E-state index is -1.55. The van der Waals surface area contributed by atoms with Crippen LogP contribution >= 0.6 is 0 Å². The molecule has 72 heavy (non-hydrogen) atoms. The second kappa shape index (κ2) is 53.0. The SMILES string of the molecule is CC/C=C\C/C=C\C/C=C\C/C=C\C/C=C\CCCCCCCCCCCC(=O)OC(COCCCCCCCCCCC/C=C\C/C=C\C/C=C\CCCCCCC)COC1OC(CO)C(O)C(O)C1O. The number of allylic oxidation sites excluding steroid dienone is 16. The van der Waals surface area contributed by atoms with Gasteiger partial charge < -0.3 is 39.4 Å². The van der Waals surface area contributed by atoms with Crippen molar-refractivity contribution in [3.8, 4) is 0 Å². The fraction of sp³-hybridized carbons (Fsp3) is 0.730. The predicted molar refractivity (Wildman–Crippen MR) is 302 cm³/mol. The largest absolute Gasteiger partial charge is 0.457 e. The first kappa shape index (κ1) is 67.1. The van der Waals surface area contributed by atoms with E-state index in [0.29, 0.717) is 13.0 Å². The Bertz CT molecular complexity index is 1430. The summed E-state index contributed by atoms with van der Waals surface area (Å²) in [5, 5.41) is 40.4. The number of ether oxygens (including phenoxy) is 4. The Hall–Kier alpha value is -2.89. The summed E-state index contributed by atoms with van der Waals surface area (Å²) < 4.78 is 23.0. The van der Waals surface area contributed by atoms with E-state index in [2.05, 4.69) is 111 Å². The van der Waals surface area contributed by atoms with Gasteiger partial charge in [-0.3, -0.25) is 4.79 Å². The highest BCUT2D eigenvalue weighted by Crippen LogP contribution is 2.23. The van der Waals surface area contributed by atoms with Crippen molar-refractivity contribution in [3.63, 3.8) is 0 Å². The third kappa shape index (κ3) is 42.5. The van der Waals surface area contributed by atoms with E-state index < -0.39 is 43.4 Å². The van der Waals surface area contributed by atoms with Gasteiger partial charge in [0.1, 0.15) is 30.5 Å². The monoisotopic (exact) mass is 1010 g/mol. The maximum absolute atomic E-state index is 12.9. The number of aliphatic hydroxyl groups is 4. The van der Waals surface area contributed by atoms with E-state index in [1.165, 1.54) is 128 Å². The molecule has 4 N–H and O–H groups in total. The molecule has 0 amide bonds. The van der Waals surface area contributed by atoms with Crippen LogP contribution in [0.3, 0.4) is 0 Å². The molecule has 1 rings (SSSR count).